The Balaban J connectivity index is 0.000000493. The van der Waals surface area contributed by atoms with Gasteiger partial charge in [-0.05, 0) is 61.1 Å². The number of carbonyl (C=O) groups is 1. The number of methoxy groups -OCH3 is 2. The van der Waals surface area contributed by atoms with Crippen LogP contribution in [0, 0.1) is 5.82 Å². The normalized spacial score (nSPS) is 12.9. The van der Waals surface area contributed by atoms with Crippen molar-refractivity contribution in [2.45, 2.75) is 45.4 Å². The smallest absolute Gasteiger partial charge is 0.232 e. The van der Waals surface area contributed by atoms with Gasteiger partial charge < -0.3 is 42.3 Å². The molecule has 4 rings (SSSR count). The molecule has 0 bridgehead atoms. The third kappa shape index (κ3) is 16.6. The lowest BCUT2D eigenvalue weighted by atomic mass is 9.97. The molecule has 0 N–H and O–H groups in total. The van der Waals surface area contributed by atoms with E-state index in [4.69, 9.17) is 42.3 Å². The highest BCUT2D eigenvalue weighted by molar-refractivity contribution is 7.92. The molecule has 0 atom stereocenters. The lowest BCUT2D eigenvalue weighted by Gasteiger charge is -2.25. The first-order chi connectivity index (χ1) is 26.7. The van der Waals surface area contributed by atoms with Gasteiger partial charge in [0, 0.05) is 44.3 Å². The number of fused-ring (bicyclic) bond motifs is 1. The van der Waals surface area contributed by atoms with Gasteiger partial charge >= 0.3 is 0 Å². The maximum absolute atomic E-state index is 13.6. The first kappa shape index (κ1) is 46.4. The van der Waals surface area contributed by atoms with Gasteiger partial charge in [-0.1, -0.05) is 13.8 Å². The Morgan fingerprint density at radius 2 is 1.24 bits per heavy atom. The quantitative estimate of drug-likeness (QED) is 0.0578. The van der Waals surface area contributed by atoms with E-state index in [-0.39, 0.29) is 31.3 Å². The molecule has 1 saturated carbocycles. The lowest BCUT2D eigenvalue weighted by molar-refractivity contribution is 0.00377. The number of ketones is 1. The number of sulfonamides is 1. The highest BCUT2D eigenvalue weighted by atomic mass is 32.2. The predicted octanol–water partition coefficient (Wildman–Crippen LogP) is 6.26. The molecule has 2 aromatic carbocycles. The molecule has 55 heavy (non-hydrogen) atoms. The van der Waals surface area contributed by atoms with Crippen LogP contribution in [0.1, 0.15) is 61.4 Å². The minimum absolute atomic E-state index is 0.102. The van der Waals surface area contributed by atoms with Crippen molar-refractivity contribution in [3.8, 4) is 11.3 Å². The van der Waals surface area contributed by atoms with Crippen LogP contribution in [-0.4, -0.2) is 134 Å². The number of Topliss-reactive ketones (excluding diaryl/α,β-unsaturated/α-hetero) is 1. The molecule has 0 spiro atoms. The van der Waals surface area contributed by atoms with Gasteiger partial charge in [0.15, 0.2) is 5.78 Å². The monoisotopic (exact) mass is 797 g/mol. The van der Waals surface area contributed by atoms with Crippen molar-refractivity contribution in [1.29, 1.82) is 0 Å². The Hall–Kier alpha value is -2.99. The van der Waals surface area contributed by atoms with Crippen LogP contribution >= 0.6 is 0 Å². The van der Waals surface area contributed by atoms with E-state index in [0.717, 1.165) is 31.4 Å². The van der Waals surface area contributed by atoms with Gasteiger partial charge in [0.2, 0.25) is 10.0 Å². The molecule has 0 radical (unpaired) electrons. The molecular weight excluding hydrogens is 738 g/mol. The highest BCUT2D eigenvalue weighted by Gasteiger charge is 2.33. The molecule has 1 fully saturated rings. The van der Waals surface area contributed by atoms with E-state index in [1.165, 1.54) is 22.7 Å². The maximum Gasteiger partial charge on any atom is 0.232 e. The van der Waals surface area contributed by atoms with E-state index in [1.54, 1.807) is 39.3 Å². The fourth-order valence-corrected chi connectivity index (χ4v) is 6.39. The SMILES string of the molecule is CCC(=O)c1c(-c2ccc(F)cc2)oc2cc(N(CCOCCOCCOCCOC)S(C)(=O)=O)c(C3CC3)cc12.CCCOCCOCCOCCOC. The molecule has 13 nitrogen and oxygen atoms in total. The van der Waals surface area contributed by atoms with Gasteiger partial charge in [-0.15, -0.1) is 0 Å². The summed E-state index contributed by atoms with van der Waals surface area (Å²) in [4.78, 5) is 13.1. The second-order valence-corrected chi connectivity index (χ2v) is 14.7. The first-order valence-corrected chi connectivity index (χ1v) is 20.8. The zero-order valence-electron chi connectivity index (χ0n) is 33.1. The fourth-order valence-electron chi connectivity index (χ4n) is 5.47. The number of ether oxygens (including phenoxy) is 8. The van der Waals surface area contributed by atoms with Gasteiger partial charge in [-0.2, -0.15) is 0 Å². The van der Waals surface area contributed by atoms with E-state index < -0.39 is 15.8 Å². The zero-order valence-corrected chi connectivity index (χ0v) is 33.9. The number of benzene rings is 2. The van der Waals surface area contributed by atoms with Crippen LogP contribution in [0.25, 0.3) is 22.3 Å². The van der Waals surface area contributed by atoms with Crippen molar-refractivity contribution >= 4 is 32.5 Å². The van der Waals surface area contributed by atoms with Crippen LogP contribution in [0.5, 0.6) is 0 Å². The standard InChI is InChI=1S/C30H38FNO8S.C10H22O4/c1-4-27(33)29-25-19-24(21-5-6-21)26(20-28(25)40-30(29)22-7-9-23(31)10-8-22)32(41(3,34)35)11-12-37-15-16-39-18-17-38-14-13-36-2;1-3-4-12-7-8-14-10-9-13-6-5-11-2/h7-10,19-21H,4-6,11-18H2,1-3H3;3-10H2,1-2H3. The van der Waals surface area contributed by atoms with Crippen LogP contribution in [0.15, 0.2) is 40.8 Å². The van der Waals surface area contributed by atoms with E-state index in [2.05, 4.69) is 6.92 Å². The molecule has 0 unspecified atom stereocenters. The molecule has 1 aliphatic carbocycles. The van der Waals surface area contributed by atoms with Gasteiger partial charge in [-0.25, -0.2) is 12.8 Å². The topological polar surface area (TPSA) is 141 Å². The van der Waals surface area contributed by atoms with Crippen molar-refractivity contribution in [3.05, 3.63) is 53.3 Å². The number of rotatable bonds is 29. The number of anilines is 1. The number of carbonyl (C=O) groups excluding carboxylic acids is 1. The zero-order chi connectivity index (χ0) is 39.9. The molecular formula is C40H60FNO12S. The molecule has 1 aliphatic rings. The molecule has 0 saturated heterocycles. The van der Waals surface area contributed by atoms with E-state index in [9.17, 15) is 17.6 Å². The maximum atomic E-state index is 13.6. The summed E-state index contributed by atoms with van der Waals surface area (Å²) in [7, 11) is -0.393. The van der Waals surface area contributed by atoms with Crippen LogP contribution in [-0.2, 0) is 47.9 Å². The molecule has 3 aromatic rings. The Labute approximate surface area is 325 Å². The van der Waals surface area contributed by atoms with Gasteiger partial charge in [0.25, 0.3) is 0 Å². The fraction of sp³-hybridized carbons (Fsp3) is 0.625. The summed E-state index contributed by atoms with van der Waals surface area (Å²) in [5.41, 5.74) is 2.78. The van der Waals surface area contributed by atoms with Crippen LogP contribution in [0.2, 0.25) is 0 Å². The summed E-state index contributed by atoms with van der Waals surface area (Å²) in [5, 5.41) is 0.634. The summed E-state index contributed by atoms with van der Waals surface area (Å²) in [6, 6.07) is 9.37. The molecule has 310 valence electrons. The van der Waals surface area contributed by atoms with Crippen molar-refractivity contribution in [2.75, 3.05) is 124 Å². The third-order valence-corrected chi connectivity index (χ3v) is 9.55. The van der Waals surface area contributed by atoms with E-state index in [0.29, 0.717) is 113 Å². The molecule has 15 heteroatoms. The van der Waals surface area contributed by atoms with Crippen molar-refractivity contribution in [1.82, 2.24) is 0 Å². The Morgan fingerprint density at radius 3 is 1.69 bits per heavy atom. The average molecular weight is 798 g/mol. The van der Waals surface area contributed by atoms with Crippen LogP contribution in [0.4, 0.5) is 10.1 Å². The predicted molar refractivity (Wildman–Crippen MR) is 209 cm³/mol. The molecule has 1 aromatic heterocycles. The number of halogens is 1. The van der Waals surface area contributed by atoms with Crippen LogP contribution < -0.4 is 4.31 Å². The van der Waals surface area contributed by atoms with Gasteiger partial charge in [-0.3, -0.25) is 9.10 Å². The summed E-state index contributed by atoms with van der Waals surface area (Å²) < 4.78 is 89.0. The molecule has 0 aliphatic heterocycles. The van der Waals surface area contributed by atoms with E-state index >= 15 is 0 Å². The molecule has 1 heterocycles. The number of hydrogen-bond donors (Lipinski definition) is 0. The number of furan rings is 1. The third-order valence-electron chi connectivity index (χ3n) is 8.37. The minimum Gasteiger partial charge on any atom is -0.455 e. The van der Waals surface area contributed by atoms with Crippen molar-refractivity contribution in [3.63, 3.8) is 0 Å². The summed E-state index contributed by atoms with van der Waals surface area (Å²) in [6.45, 7) is 11.4. The number of hydrogen-bond acceptors (Lipinski definition) is 12. The van der Waals surface area contributed by atoms with Gasteiger partial charge in [0.05, 0.1) is 110 Å². The molecule has 0 amide bonds. The Kier molecular flexibility index (Phi) is 22.0. The largest absolute Gasteiger partial charge is 0.455 e. The Morgan fingerprint density at radius 1 is 0.745 bits per heavy atom. The van der Waals surface area contributed by atoms with E-state index in [1.807, 2.05) is 6.07 Å². The second kappa shape index (κ2) is 26.0. The highest BCUT2D eigenvalue weighted by Crippen LogP contribution is 2.48. The number of nitrogens with zero attached hydrogens (tertiary/aromatic N) is 1. The summed E-state index contributed by atoms with van der Waals surface area (Å²) in [5.74, 6) is 0.0441. The van der Waals surface area contributed by atoms with Crippen molar-refractivity contribution < 1.29 is 59.9 Å². The second-order valence-electron chi connectivity index (χ2n) is 12.8. The van der Waals surface area contributed by atoms with Gasteiger partial charge in [0.1, 0.15) is 17.2 Å². The summed E-state index contributed by atoms with van der Waals surface area (Å²) >= 11 is 0. The Bertz CT molecular complexity index is 1620. The van der Waals surface area contributed by atoms with Crippen molar-refractivity contribution in [2.24, 2.45) is 0 Å². The average Bonchev–Trinajstić information content (AvgIpc) is 3.95. The van der Waals surface area contributed by atoms with Crippen LogP contribution in [0.3, 0.4) is 0 Å². The minimum atomic E-state index is -3.66. The lowest BCUT2D eigenvalue weighted by Crippen LogP contribution is -2.34. The summed E-state index contributed by atoms with van der Waals surface area (Å²) in [6.07, 6.45) is 4.34. The first-order valence-electron chi connectivity index (χ1n) is 19.0.